The van der Waals surface area contributed by atoms with Crippen molar-refractivity contribution < 1.29 is 31.1 Å². The number of anilines is 1. The normalized spacial score (nSPS) is 16.3. The van der Waals surface area contributed by atoms with Crippen LogP contribution < -0.4 is 10.6 Å². The highest BCUT2D eigenvalue weighted by molar-refractivity contribution is 6.02. The number of aromatic amines is 1. The number of carbonyl (C=O) groups is 1. The summed E-state index contributed by atoms with van der Waals surface area (Å²) in [5.74, 6) is -0.868. The number of halogens is 6. The zero-order valence-corrected chi connectivity index (χ0v) is 18.6. The van der Waals surface area contributed by atoms with Gasteiger partial charge in [0.15, 0.2) is 0 Å². The largest absolute Gasteiger partial charge is 0.408 e. The van der Waals surface area contributed by atoms with Crippen LogP contribution in [0.3, 0.4) is 0 Å². The number of fused-ring (bicyclic) bond motifs is 2. The van der Waals surface area contributed by atoms with Crippen LogP contribution in [-0.2, 0) is 0 Å². The van der Waals surface area contributed by atoms with E-state index in [2.05, 4.69) is 25.4 Å². The number of alkyl halides is 6. The monoisotopic (exact) mass is 511 g/mol. The lowest BCUT2D eigenvalue weighted by atomic mass is 10.1. The molecule has 4 aromatic rings. The molecule has 1 unspecified atom stereocenters. The second-order valence-electron chi connectivity index (χ2n) is 8.83. The van der Waals surface area contributed by atoms with Crippen LogP contribution in [0.2, 0.25) is 0 Å². The van der Waals surface area contributed by atoms with E-state index in [1.165, 1.54) is 16.9 Å². The fourth-order valence-electron chi connectivity index (χ4n) is 3.87. The molecule has 0 bridgehead atoms. The van der Waals surface area contributed by atoms with E-state index in [-0.39, 0.29) is 36.4 Å². The standard InChI is InChI=1S/C22H19F6N7O/c1-11(21(23,24)25)33-18(36)15-9-32-35-5-2-12(6-16(15)35)13-7-29-17-14(13)8-30-19(34-17)31-10-20(3-4-20)22(26,27)28/h2,5-9,11H,3-4,10H2,1H3,(H,33,36)(H2,29,30,31,34). The van der Waals surface area contributed by atoms with Crippen LogP contribution in [0.25, 0.3) is 27.7 Å². The van der Waals surface area contributed by atoms with Gasteiger partial charge in [0.05, 0.1) is 22.7 Å². The van der Waals surface area contributed by atoms with Crippen LogP contribution in [0.5, 0.6) is 0 Å². The third-order valence-corrected chi connectivity index (χ3v) is 6.39. The van der Waals surface area contributed by atoms with Crippen molar-refractivity contribution in [3.63, 3.8) is 0 Å². The Bertz CT molecular complexity index is 1450. The van der Waals surface area contributed by atoms with E-state index in [9.17, 15) is 31.1 Å². The van der Waals surface area contributed by atoms with Crippen LogP contribution in [0, 0.1) is 5.41 Å². The predicted octanol–water partition coefficient (Wildman–Crippen LogP) is 4.71. The second kappa shape index (κ2) is 8.10. The molecule has 36 heavy (non-hydrogen) atoms. The van der Waals surface area contributed by atoms with Crippen molar-refractivity contribution in [2.45, 2.75) is 38.2 Å². The molecule has 14 heteroatoms. The van der Waals surface area contributed by atoms with Gasteiger partial charge in [-0.3, -0.25) is 4.79 Å². The summed E-state index contributed by atoms with van der Waals surface area (Å²) >= 11 is 0. The van der Waals surface area contributed by atoms with Gasteiger partial charge in [-0.15, -0.1) is 0 Å². The molecule has 1 fully saturated rings. The lowest BCUT2D eigenvalue weighted by molar-refractivity contribution is -0.182. The fourth-order valence-corrected chi connectivity index (χ4v) is 3.87. The maximum absolute atomic E-state index is 13.2. The summed E-state index contributed by atoms with van der Waals surface area (Å²) in [6.45, 7) is 0.531. The molecule has 3 N–H and O–H groups in total. The van der Waals surface area contributed by atoms with Gasteiger partial charge >= 0.3 is 12.4 Å². The number of nitrogens with zero attached hydrogens (tertiary/aromatic N) is 4. The molecule has 1 aliphatic rings. The maximum atomic E-state index is 13.2. The topological polar surface area (TPSA) is 100 Å². The van der Waals surface area contributed by atoms with E-state index in [4.69, 9.17) is 0 Å². The summed E-state index contributed by atoms with van der Waals surface area (Å²) in [6, 6.07) is 1.24. The molecule has 1 saturated carbocycles. The molecule has 4 heterocycles. The molecular formula is C22H19F6N7O. The lowest BCUT2D eigenvalue weighted by Crippen LogP contribution is -2.43. The van der Waals surface area contributed by atoms with Crippen molar-refractivity contribution in [2.24, 2.45) is 5.41 Å². The highest BCUT2D eigenvalue weighted by Crippen LogP contribution is 2.57. The Morgan fingerprint density at radius 1 is 1.22 bits per heavy atom. The quantitative estimate of drug-likeness (QED) is 0.326. The van der Waals surface area contributed by atoms with Crippen molar-refractivity contribution in [1.29, 1.82) is 0 Å². The van der Waals surface area contributed by atoms with Gasteiger partial charge in [0.25, 0.3) is 5.91 Å². The molecule has 8 nitrogen and oxygen atoms in total. The average Bonchev–Trinajstić information content (AvgIpc) is 3.32. The first-order valence-electron chi connectivity index (χ1n) is 10.9. The van der Waals surface area contributed by atoms with Crippen LogP contribution in [-0.4, -0.2) is 55.4 Å². The molecule has 4 aromatic heterocycles. The third kappa shape index (κ3) is 4.20. The molecule has 1 aliphatic carbocycles. The smallest absolute Gasteiger partial charge is 0.353 e. The number of aromatic nitrogens is 5. The molecule has 0 aliphatic heterocycles. The Kier molecular flexibility index (Phi) is 5.37. The molecular weight excluding hydrogens is 492 g/mol. The van der Waals surface area contributed by atoms with Gasteiger partial charge in [0, 0.05) is 36.1 Å². The number of amides is 1. The summed E-state index contributed by atoms with van der Waals surface area (Å²) in [7, 11) is 0. The first-order chi connectivity index (χ1) is 16.9. The van der Waals surface area contributed by atoms with Crippen LogP contribution in [0.1, 0.15) is 30.1 Å². The van der Waals surface area contributed by atoms with Crippen molar-refractivity contribution in [1.82, 2.24) is 29.9 Å². The number of carbonyl (C=O) groups excluding carboxylic acids is 1. The molecule has 190 valence electrons. The number of rotatable bonds is 6. The highest BCUT2D eigenvalue weighted by atomic mass is 19.4. The second-order valence-corrected chi connectivity index (χ2v) is 8.83. The van der Waals surface area contributed by atoms with Gasteiger partial charge in [-0.25, -0.2) is 9.50 Å². The SMILES string of the molecule is CC(NC(=O)c1cnn2ccc(-c3c[nH]c4nc(NCC5(C(F)(F)F)CC5)ncc34)cc12)C(F)(F)F. The minimum atomic E-state index is -4.59. The van der Waals surface area contributed by atoms with E-state index in [0.29, 0.717) is 22.2 Å². The number of H-pyrrole nitrogens is 1. The zero-order valence-electron chi connectivity index (χ0n) is 18.6. The van der Waals surface area contributed by atoms with Crippen LogP contribution >= 0.6 is 0 Å². The third-order valence-electron chi connectivity index (χ3n) is 6.39. The van der Waals surface area contributed by atoms with E-state index in [0.717, 1.165) is 6.92 Å². The van der Waals surface area contributed by atoms with Crippen LogP contribution in [0.4, 0.5) is 32.3 Å². The molecule has 0 aromatic carbocycles. The van der Waals surface area contributed by atoms with E-state index < -0.39 is 29.7 Å². The first kappa shape index (κ1) is 23.9. The highest BCUT2D eigenvalue weighted by Gasteiger charge is 2.63. The average molecular weight is 511 g/mol. The Morgan fingerprint density at radius 2 is 1.97 bits per heavy atom. The van der Waals surface area contributed by atoms with Gasteiger partial charge in [-0.1, -0.05) is 0 Å². The lowest BCUT2D eigenvalue weighted by Gasteiger charge is -2.19. The Morgan fingerprint density at radius 3 is 2.64 bits per heavy atom. The van der Waals surface area contributed by atoms with E-state index >= 15 is 0 Å². The van der Waals surface area contributed by atoms with Crippen LogP contribution in [0.15, 0.2) is 36.9 Å². The molecule has 0 radical (unpaired) electrons. The molecule has 0 saturated heterocycles. The summed E-state index contributed by atoms with van der Waals surface area (Å²) in [4.78, 5) is 23.8. The van der Waals surface area contributed by atoms with Gasteiger partial charge in [-0.2, -0.15) is 36.4 Å². The van der Waals surface area contributed by atoms with Crippen molar-refractivity contribution in [3.05, 3.63) is 42.5 Å². The molecule has 0 spiro atoms. The summed E-state index contributed by atoms with van der Waals surface area (Å²) in [5.41, 5.74) is 0.123. The van der Waals surface area contributed by atoms with Crippen molar-refractivity contribution in [2.75, 3.05) is 11.9 Å². The fraction of sp³-hybridized carbons (Fsp3) is 0.364. The molecule has 1 atom stereocenters. The maximum Gasteiger partial charge on any atom is 0.408 e. The first-order valence-corrected chi connectivity index (χ1v) is 10.9. The minimum absolute atomic E-state index is 0.0332. The summed E-state index contributed by atoms with van der Waals surface area (Å²) < 4.78 is 79.4. The van der Waals surface area contributed by atoms with Gasteiger partial charge < -0.3 is 15.6 Å². The number of hydrogen-bond donors (Lipinski definition) is 3. The number of hydrogen-bond acceptors (Lipinski definition) is 5. The summed E-state index contributed by atoms with van der Waals surface area (Å²) in [6.07, 6.45) is -2.95. The zero-order chi connectivity index (χ0) is 25.9. The van der Waals surface area contributed by atoms with E-state index in [1.807, 2.05) is 5.32 Å². The molecule has 1 amide bonds. The number of pyridine rings is 1. The minimum Gasteiger partial charge on any atom is -0.353 e. The Balaban J connectivity index is 1.40. The predicted molar refractivity (Wildman–Crippen MR) is 117 cm³/mol. The van der Waals surface area contributed by atoms with E-state index in [1.54, 1.807) is 24.5 Å². The Labute approximate surface area is 199 Å². The number of nitrogens with one attached hydrogen (secondary N) is 3. The van der Waals surface area contributed by atoms with Gasteiger partial charge in [-0.05, 0) is 37.5 Å². The van der Waals surface area contributed by atoms with Gasteiger partial charge in [0.1, 0.15) is 11.7 Å². The van der Waals surface area contributed by atoms with Crippen molar-refractivity contribution in [3.8, 4) is 11.1 Å². The molecule has 5 rings (SSSR count). The Hall–Kier alpha value is -3.84. The van der Waals surface area contributed by atoms with Gasteiger partial charge in [0.2, 0.25) is 5.95 Å². The van der Waals surface area contributed by atoms with Crippen molar-refractivity contribution >= 4 is 28.4 Å². The summed E-state index contributed by atoms with van der Waals surface area (Å²) in [5, 5.41) is 9.17.